The maximum absolute atomic E-state index is 12.3. The second kappa shape index (κ2) is 12.6. The highest BCUT2D eigenvalue weighted by molar-refractivity contribution is 5.94. The van der Waals surface area contributed by atoms with Crippen LogP contribution in [0.15, 0.2) is 0 Å². The Kier molecular flexibility index (Phi) is 11.4. The van der Waals surface area contributed by atoms with E-state index in [0.717, 1.165) is 6.92 Å². The van der Waals surface area contributed by atoms with Crippen LogP contribution in [0.4, 0.5) is 0 Å². The summed E-state index contributed by atoms with van der Waals surface area (Å²) in [5.74, 6) is -5.35. The van der Waals surface area contributed by atoms with Crippen molar-refractivity contribution in [3.8, 4) is 0 Å². The summed E-state index contributed by atoms with van der Waals surface area (Å²) in [6, 6.07) is -6.06. The van der Waals surface area contributed by atoms with E-state index in [2.05, 4.69) is 10.6 Å². The van der Waals surface area contributed by atoms with Gasteiger partial charge in [0.25, 0.3) is 0 Å². The zero-order valence-electron chi connectivity index (χ0n) is 15.7. The van der Waals surface area contributed by atoms with Crippen LogP contribution in [-0.2, 0) is 24.0 Å². The first-order chi connectivity index (χ1) is 13.4. The molecule has 0 fully saturated rings. The second-order valence-corrected chi connectivity index (χ2v) is 6.16. The predicted octanol–water partition coefficient (Wildman–Crippen LogP) is -5.52. The van der Waals surface area contributed by atoms with Gasteiger partial charge in [-0.15, -0.1) is 0 Å². The lowest BCUT2D eigenvalue weighted by Gasteiger charge is -2.25. The average Bonchev–Trinajstić information content (AvgIpc) is 2.65. The number of carboxylic acid groups (broad SMARTS) is 1. The summed E-state index contributed by atoms with van der Waals surface area (Å²) >= 11 is 0. The summed E-state index contributed by atoms with van der Waals surface area (Å²) in [6.07, 6.45) is -2.07. The summed E-state index contributed by atoms with van der Waals surface area (Å²) in [5, 5.41) is 43.1. The van der Waals surface area contributed by atoms with Gasteiger partial charge in [0.05, 0.1) is 19.3 Å². The molecule has 0 rings (SSSR count). The lowest BCUT2D eigenvalue weighted by molar-refractivity contribution is -0.143. The number of carbonyl (C=O) groups is 5. The highest BCUT2D eigenvalue weighted by Crippen LogP contribution is 2.00. The maximum atomic E-state index is 12.3. The van der Waals surface area contributed by atoms with Crippen LogP contribution in [0.1, 0.15) is 19.8 Å². The van der Waals surface area contributed by atoms with Crippen molar-refractivity contribution in [2.45, 2.75) is 50.0 Å². The molecule has 0 aromatic heterocycles. The normalized spacial score (nSPS) is 15.9. The molecule has 0 heterocycles. The van der Waals surface area contributed by atoms with E-state index in [4.69, 9.17) is 21.7 Å². The van der Waals surface area contributed by atoms with Crippen molar-refractivity contribution in [1.82, 2.24) is 16.0 Å². The first-order valence-corrected chi connectivity index (χ1v) is 8.52. The molecule has 0 radical (unpaired) electrons. The zero-order valence-corrected chi connectivity index (χ0v) is 15.7. The monoisotopic (exact) mass is 421 g/mol. The molecule has 11 N–H and O–H groups in total. The van der Waals surface area contributed by atoms with Gasteiger partial charge in [0.2, 0.25) is 23.6 Å². The van der Waals surface area contributed by atoms with E-state index in [1.54, 1.807) is 0 Å². The Balaban J connectivity index is 5.12. The fraction of sp³-hybridized carbons (Fsp3) is 0.667. The molecular weight excluding hydrogens is 394 g/mol. The van der Waals surface area contributed by atoms with Crippen molar-refractivity contribution >= 4 is 29.6 Å². The van der Waals surface area contributed by atoms with Gasteiger partial charge < -0.3 is 47.8 Å². The highest BCUT2D eigenvalue weighted by atomic mass is 16.4. The van der Waals surface area contributed by atoms with Crippen LogP contribution in [0, 0.1) is 0 Å². The Morgan fingerprint density at radius 2 is 1.45 bits per heavy atom. The quantitative estimate of drug-likeness (QED) is 0.136. The number of primary amides is 1. The van der Waals surface area contributed by atoms with Crippen LogP contribution in [0.3, 0.4) is 0 Å². The van der Waals surface area contributed by atoms with E-state index in [1.807, 2.05) is 5.32 Å². The number of aliphatic hydroxyl groups excluding tert-OH is 3. The third-order valence-corrected chi connectivity index (χ3v) is 3.71. The first kappa shape index (κ1) is 26.2. The molecule has 0 saturated heterocycles. The van der Waals surface area contributed by atoms with E-state index in [-0.39, 0.29) is 12.8 Å². The smallest absolute Gasteiger partial charge is 0.326 e. The fourth-order valence-corrected chi connectivity index (χ4v) is 2.02. The van der Waals surface area contributed by atoms with Gasteiger partial charge in [0, 0.05) is 6.42 Å². The topological polar surface area (TPSA) is 254 Å². The van der Waals surface area contributed by atoms with Gasteiger partial charge >= 0.3 is 5.97 Å². The van der Waals surface area contributed by atoms with E-state index < -0.39 is 73.1 Å². The summed E-state index contributed by atoms with van der Waals surface area (Å²) in [5.41, 5.74) is 10.2. The van der Waals surface area contributed by atoms with Crippen LogP contribution in [0.5, 0.6) is 0 Å². The summed E-state index contributed by atoms with van der Waals surface area (Å²) < 4.78 is 0. The number of aliphatic carboxylic acids is 1. The number of rotatable bonds is 13. The van der Waals surface area contributed by atoms with Crippen LogP contribution >= 0.6 is 0 Å². The van der Waals surface area contributed by atoms with E-state index >= 15 is 0 Å². The standard InChI is InChI=1S/C15H27N5O9/c1-6(23)11(20-12(25)7(16)4-21)14(27)19-9(5-22)13(26)18-8(15(28)29)2-3-10(17)24/h6-9,11,21-23H,2-5,16H2,1H3,(H2,17,24)(H,18,26)(H,19,27)(H,20,25)(H,28,29). The zero-order chi connectivity index (χ0) is 22.7. The van der Waals surface area contributed by atoms with Gasteiger partial charge in [0.15, 0.2) is 0 Å². The molecule has 5 unspecified atom stereocenters. The lowest BCUT2D eigenvalue weighted by Crippen LogP contribution is -2.60. The number of nitrogens with one attached hydrogen (secondary N) is 3. The molecule has 14 nitrogen and oxygen atoms in total. The molecule has 166 valence electrons. The molecule has 0 bridgehead atoms. The molecule has 0 spiro atoms. The summed E-state index contributed by atoms with van der Waals surface area (Å²) in [7, 11) is 0. The second-order valence-electron chi connectivity index (χ2n) is 6.16. The predicted molar refractivity (Wildman–Crippen MR) is 95.7 cm³/mol. The molecule has 0 saturated carbocycles. The largest absolute Gasteiger partial charge is 0.480 e. The Labute approximate surface area is 165 Å². The maximum Gasteiger partial charge on any atom is 0.326 e. The van der Waals surface area contributed by atoms with Crippen LogP contribution in [-0.4, -0.2) is 93.5 Å². The minimum absolute atomic E-state index is 0.312. The van der Waals surface area contributed by atoms with Gasteiger partial charge in [-0.1, -0.05) is 0 Å². The van der Waals surface area contributed by atoms with Crippen molar-refractivity contribution in [3.05, 3.63) is 0 Å². The van der Waals surface area contributed by atoms with Crippen LogP contribution < -0.4 is 27.4 Å². The minimum atomic E-state index is -1.62. The summed E-state index contributed by atoms with van der Waals surface area (Å²) in [4.78, 5) is 58.1. The van der Waals surface area contributed by atoms with Gasteiger partial charge in [0.1, 0.15) is 24.2 Å². The minimum Gasteiger partial charge on any atom is -0.480 e. The molecule has 29 heavy (non-hydrogen) atoms. The van der Waals surface area contributed by atoms with Crippen molar-refractivity contribution in [2.75, 3.05) is 13.2 Å². The Hall–Kier alpha value is -2.81. The number of nitrogens with two attached hydrogens (primary N) is 2. The molecule has 0 aromatic carbocycles. The van der Waals surface area contributed by atoms with Crippen LogP contribution in [0.2, 0.25) is 0 Å². The molecule has 0 aliphatic rings. The van der Waals surface area contributed by atoms with E-state index in [1.165, 1.54) is 0 Å². The molecule has 0 aliphatic heterocycles. The van der Waals surface area contributed by atoms with Crippen molar-refractivity contribution in [2.24, 2.45) is 11.5 Å². The van der Waals surface area contributed by atoms with Crippen molar-refractivity contribution in [1.29, 1.82) is 0 Å². The fourth-order valence-electron chi connectivity index (χ4n) is 2.02. The molecular formula is C15H27N5O9. The van der Waals surface area contributed by atoms with E-state index in [0.29, 0.717) is 0 Å². The molecule has 0 aromatic rings. The van der Waals surface area contributed by atoms with E-state index in [9.17, 15) is 34.2 Å². The van der Waals surface area contributed by atoms with Gasteiger partial charge in [-0.25, -0.2) is 4.79 Å². The number of aliphatic hydroxyl groups is 3. The molecule has 14 heteroatoms. The molecule has 5 atom stereocenters. The number of carboxylic acids is 1. The third kappa shape index (κ3) is 9.29. The van der Waals surface area contributed by atoms with Crippen molar-refractivity contribution in [3.63, 3.8) is 0 Å². The Bertz CT molecular complexity index is 613. The number of hydrogen-bond donors (Lipinski definition) is 9. The number of amides is 4. The Morgan fingerprint density at radius 3 is 1.86 bits per heavy atom. The SMILES string of the molecule is CC(O)C(NC(=O)C(N)CO)C(=O)NC(CO)C(=O)NC(CCC(N)=O)C(=O)O. The lowest BCUT2D eigenvalue weighted by atomic mass is 10.1. The third-order valence-electron chi connectivity index (χ3n) is 3.71. The number of carbonyl (C=O) groups excluding carboxylic acids is 4. The first-order valence-electron chi connectivity index (χ1n) is 8.52. The van der Waals surface area contributed by atoms with Gasteiger partial charge in [-0.3, -0.25) is 19.2 Å². The highest BCUT2D eigenvalue weighted by Gasteiger charge is 2.32. The van der Waals surface area contributed by atoms with Gasteiger partial charge in [-0.2, -0.15) is 0 Å². The van der Waals surface area contributed by atoms with Crippen molar-refractivity contribution < 1.29 is 44.4 Å². The average molecular weight is 421 g/mol. The van der Waals surface area contributed by atoms with Gasteiger partial charge in [-0.05, 0) is 13.3 Å². The summed E-state index contributed by atoms with van der Waals surface area (Å²) in [6.45, 7) is -0.493. The molecule has 0 aliphatic carbocycles. The molecule has 4 amide bonds. The Morgan fingerprint density at radius 1 is 0.897 bits per heavy atom. The van der Waals surface area contributed by atoms with Crippen LogP contribution in [0.25, 0.3) is 0 Å². The number of hydrogen-bond acceptors (Lipinski definition) is 9.